The van der Waals surface area contributed by atoms with Crippen molar-refractivity contribution in [2.45, 2.75) is 31.6 Å². The van der Waals surface area contributed by atoms with E-state index in [1.165, 1.54) is 25.7 Å². The lowest BCUT2D eigenvalue weighted by Gasteiger charge is -2.06. The molecule has 1 aliphatic rings. The van der Waals surface area contributed by atoms with Crippen LogP contribution in [0.3, 0.4) is 0 Å². The Kier molecular flexibility index (Phi) is 4.36. The Balaban J connectivity index is 1.36. The van der Waals surface area contributed by atoms with Crippen LogP contribution in [0.2, 0.25) is 0 Å². The van der Waals surface area contributed by atoms with Gasteiger partial charge in [0.2, 0.25) is 5.13 Å². The summed E-state index contributed by atoms with van der Waals surface area (Å²) in [6, 6.07) is 5.85. The molecule has 142 valence electrons. The molecule has 8 nitrogen and oxygen atoms in total. The van der Waals surface area contributed by atoms with E-state index in [-0.39, 0.29) is 0 Å². The summed E-state index contributed by atoms with van der Waals surface area (Å²) in [5, 5.41) is 21.3. The highest BCUT2D eigenvalue weighted by molar-refractivity contribution is 7.15. The second-order valence-corrected chi connectivity index (χ2v) is 8.05. The number of nitrogens with zero attached hydrogens (tertiary/aromatic N) is 6. The minimum Gasteiger partial charge on any atom is -0.352 e. The zero-order valence-corrected chi connectivity index (χ0v) is 16.3. The summed E-state index contributed by atoms with van der Waals surface area (Å²) in [7, 11) is 1.88. The second kappa shape index (κ2) is 7.16. The van der Waals surface area contributed by atoms with Gasteiger partial charge in [-0.2, -0.15) is 5.10 Å². The minimum atomic E-state index is 0.572. The molecule has 4 heterocycles. The van der Waals surface area contributed by atoms with Gasteiger partial charge in [-0.1, -0.05) is 24.2 Å². The number of fused-ring (bicyclic) bond motifs is 1. The number of hydrogen-bond donors (Lipinski definition) is 2. The molecule has 28 heavy (non-hydrogen) atoms. The summed E-state index contributed by atoms with van der Waals surface area (Å²) in [5.74, 6) is 1.31. The molecule has 4 aromatic heterocycles. The largest absolute Gasteiger partial charge is 0.352 e. The van der Waals surface area contributed by atoms with Gasteiger partial charge in [0.15, 0.2) is 0 Å². The van der Waals surface area contributed by atoms with E-state index in [1.807, 2.05) is 31.4 Å². The Bertz CT molecular complexity index is 1110. The molecule has 0 saturated heterocycles. The standard InChI is InChI=1S/C19H20N8S/c1-27-11-14(10-21-27)22-13-8-16-15(20-9-13)6-7-17(23-16)24-19-26-25-18(28-19)12-4-2-3-5-12/h6-12,22H,2-5H2,1H3,(H,23,24,26). The summed E-state index contributed by atoms with van der Waals surface area (Å²) in [6.07, 6.45) is 10.5. The molecule has 0 aromatic carbocycles. The van der Waals surface area contributed by atoms with Crippen molar-refractivity contribution in [1.29, 1.82) is 0 Å². The van der Waals surface area contributed by atoms with Gasteiger partial charge in [0, 0.05) is 19.2 Å². The lowest BCUT2D eigenvalue weighted by Crippen LogP contribution is -1.95. The van der Waals surface area contributed by atoms with Gasteiger partial charge in [0.05, 0.1) is 34.8 Å². The molecule has 4 aromatic rings. The van der Waals surface area contributed by atoms with E-state index in [0.717, 1.165) is 38.4 Å². The van der Waals surface area contributed by atoms with Crippen LogP contribution >= 0.6 is 11.3 Å². The average Bonchev–Trinajstić information content (AvgIpc) is 3.44. The maximum absolute atomic E-state index is 4.69. The number of hydrogen-bond acceptors (Lipinski definition) is 8. The molecular weight excluding hydrogens is 372 g/mol. The molecule has 0 bridgehead atoms. The van der Waals surface area contributed by atoms with Gasteiger partial charge in [-0.25, -0.2) is 4.98 Å². The SMILES string of the molecule is Cn1cc(Nc2cnc3ccc(Nc4nnc(C5CCCC5)s4)nc3c2)cn1. The minimum absolute atomic E-state index is 0.572. The monoisotopic (exact) mass is 392 g/mol. The van der Waals surface area contributed by atoms with Crippen molar-refractivity contribution in [3.8, 4) is 0 Å². The van der Waals surface area contributed by atoms with Crippen molar-refractivity contribution < 1.29 is 0 Å². The summed E-state index contributed by atoms with van der Waals surface area (Å²) in [4.78, 5) is 9.17. The van der Waals surface area contributed by atoms with Crippen molar-refractivity contribution in [3.63, 3.8) is 0 Å². The fraction of sp³-hybridized carbons (Fsp3) is 0.316. The molecule has 2 N–H and O–H groups in total. The lowest BCUT2D eigenvalue weighted by atomic mass is 10.1. The number of rotatable bonds is 5. The van der Waals surface area contributed by atoms with Crippen LogP contribution in [0.4, 0.5) is 22.3 Å². The maximum Gasteiger partial charge on any atom is 0.211 e. The van der Waals surface area contributed by atoms with Crippen molar-refractivity contribution in [2.24, 2.45) is 7.05 Å². The van der Waals surface area contributed by atoms with Crippen LogP contribution in [0, 0.1) is 0 Å². The Morgan fingerprint density at radius 2 is 1.93 bits per heavy atom. The van der Waals surface area contributed by atoms with Gasteiger partial charge >= 0.3 is 0 Å². The van der Waals surface area contributed by atoms with E-state index in [2.05, 4.69) is 35.9 Å². The van der Waals surface area contributed by atoms with Crippen LogP contribution in [0.5, 0.6) is 0 Å². The second-order valence-electron chi connectivity index (χ2n) is 7.04. The molecule has 0 aliphatic heterocycles. The van der Waals surface area contributed by atoms with Crippen LogP contribution in [0.25, 0.3) is 11.0 Å². The van der Waals surface area contributed by atoms with Crippen molar-refractivity contribution in [1.82, 2.24) is 29.9 Å². The number of anilines is 4. The molecule has 1 aliphatic carbocycles. The summed E-state index contributed by atoms with van der Waals surface area (Å²) < 4.78 is 1.75. The first kappa shape index (κ1) is 17.1. The number of aromatic nitrogens is 6. The highest BCUT2D eigenvalue weighted by atomic mass is 32.1. The van der Waals surface area contributed by atoms with Gasteiger partial charge in [-0.15, -0.1) is 10.2 Å². The Hall–Kier alpha value is -3.07. The Morgan fingerprint density at radius 1 is 1.04 bits per heavy atom. The number of aryl methyl sites for hydroxylation is 1. The predicted molar refractivity (Wildman–Crippen MR) is 110 cm³/mol. The van der Waals surface area contributed by atoms with E-state index >= 15 is 0 Å². The summed E-state index contributed by atoms with van der Waals surface area (Å²) >= 11 is 1.63. The van der Waals surface area contributed by atoms with Crippen LogP contribution in [-0.4, -0.2) is 29.9 Å². The van der Waals surface area contributed by atoms with Crippen molar-refractivity contribution >= 4 is 44.7 Å². The van der Waals surface area contributed by atoms with Gasteiger partial charge in [0.25, 0.3) is 0 Å². The van der Waals surface area contributed by atoms with Crippen LogP contribution in [-0.2, 0) is 7.05 Å². The molecule has 1 fully saturated rings. The van der Waals surface area contributed by atoms with Crippen LogP contribution < -0.4 is 10.6 Å². The number of nitrogens with one attached hydrogen (secondary N) is 2. The fourth-order valence-electron chi connectivity index (χ4n) is 3.53. The third-order valence-electron chi connectivity index (χ3n) is 4.91. The molecule has 0 spiro atoms. The summed E-state index contributed by atoms with van der Waals surface area (Å²) in [6.45, 7) is 0. The molecule has 0 amide bonds. The zero-order valence-electron chi connectivity index (χ0n) is 15.5. The normalized spacial score (nSPS) is 14.6. The highest BCUT2D eigenvalue weighted by Gasteiger charge is 2.21. The average molecular weight is 392 g/mol. The Morgan fingerprint density at radius 3 is 2.75 bits per heavy atom. The maximum atomic E-state index is 4.69. The molecule has 0 atom stereocenters. The van der Waals surface area contributed by atoms with Crippen LogP contribution in [0.15, 0.2) is 36.8 Å². The fourth-order valence-corrected chi connectivity index (χ4v) is 4.45. The van der Waals surface area contributed by atoms with Gasteiger partial charge < -0.3 is 10.6 Å². The molecule has 5 rings (SSSR count). The molecular formula is C19H20N8S. The topological polar surface area (TPSA) is 93.4 Å². The molecule has 0 unspecified atom stereocenters. The molecule has 1 saturated carbocycles. The van der Waals surface area contributed by atoms with E-state index in [4.69, 9.17) is 0 Å². The first-order valence-corrected chi connectivity index (χ1v) is 10.2. The lowest BCUT2D eigenvalue weighted by molar-refractivity contribution is 0.705. The van der Waals surface area contributed by atoms with E-state index in [1.54, 1.807) is 28.4 Å². The molecule has 9 heteroatoms. The first-order chi connectivity index (χ1) is 13.7. The smallest absolute Gasteiger partial charge is 0.211 e. The molecule has 0 radical (unpaired) electrons. The van der Waals surface area contributed by atoms with E-state index in [0.29, 0.717) is 5.92 Å². The third kappa shape index (κ3) is 3.53. The van der Waals surface area contributed by atoms with Crippen molar-refractivity contribution in [2.75, 3.05) is 10.6 Å². The quantitative estimate of drug-likeness (QED) is 0.521. The van der Waals surface area contributed by atoms with Crippen LogP contribution in [0.1, 0.15) is 36.6 Å². The van der Waals surface area contributed by atoms with Gasteiger partial charge in [0.1, 0.15) is 10.8 Å². The zero-order chi connectivity index (χ0) is 18.9. The van der Waals surface area contributed by atoms with Gasteiger partial charge in [-0.3, -0.25) is 9.67 Å². The van der Waals surface area contributed by atoms with Gasteiger partial charge in [-0.05, 0) is 31.0 Å². The highest BCUT2D eigenvalue weighted by Crippen LogP contribution is 2.36. The Labute approximate surface area is 166 Å². The number of pyridine rings is 2. The third-order valence-corrected chi connectivity index (χ3v) is 5.91. The predicted octanol–water partition coefficient (Wildman–Crippen LogP) is 4.36. The first-order valence-electron chi connectivity index (χ1n) is 9.36. The van der Waals surface area contributed by atoms with E-state index in [9.17, 15) is 0 Å². The van der Waals surface area contributed by atoms with E-state index < -0.39 is 0 Å². The van der Waals surface area contributed by atoms with Crippen molar-refractivity contribution in [3.05, 3.63) is 41.8 Å². The summed E-state index contributed by atoms with van der Waals surface area (Å²) in [5.41, 5.74) is 3.42.